The zero-order chi connectivity index (χ0) is 23.8. The van der Waals surface area contributed by atoms with Crippen LogP contribution in [0.15, 0.2) is 5.38 Å². The van der Waals surface area contributed by atoms with E-state index in [2.05, 4.69) is 25.8 Å². The van der Waals surface area contributed by atoms with Gasteiger partial charge in [0.05, 0.1) is 10.6 Å². The van der Waals surface area contributed by atoms with Crippen LogP contribution in [0.1, 0.15) is 96.2 Å². The molecule has 0 bridgehead atoms. The predicted octanol–water partition coefficient (Wildman–Crippen LogP) is 7.75. The number of halogens is 3. The van der Waals surface area contributed by atoms with Crippen LogP contribution in [0.2, 0.25) is 0 Å². The second-order valence-corrected chi connectivity index (χ2v) is 13.8. The highest BCUT2D eigenvalue weighted by molar-refractivity contribution is 7.09. The van der Waals surface area contributed by atoms with E-state index >= 15 is 0 Å². The highest BCUT2D eigenvalue weighted by atomic mass is 32.1. The summed E-state index contributed by atoms with van der Waals surface area (Å²) in [6.07, 6.45) is 6.92. The van der Waals surface area contributed by atoms with Crippen LogP contribution in [0.5, 0.6) is 0 Å². The van der Waals surface area contributed by atoms with Crippen molar-refractivity contribution >= 4 is 11.3 Å². The molecule has 0 aliphatic heterocycles. The molecule has 4 saturated carbocycles. The van der Waals surface area contributed by atoms with Gasteiger partial charge in [0.2, 0.25) is 0 Å². The predicted molar refractivity (Wildman–Crippen MR) is 126 cm³/mol. The quantitative estimate of drug-likeness (QED) is 0.477. The fourth-order valence-corrected chi connectivity index (χ4v) is 10.3. The lowest BCUT2D eigenvalue weighted by Gasteiger charge is -2.62. The first kappa shape index (κ1) is 24.1. The molecule has 1 unspecified atom stereocenters. The maximum atomic E-state index is 13.0. The maximum Gasteiger partial charge on any atom is 0.434 e. The molecule has 4 aliphatic carbocycles. The van der Waals surface area contributed by atoms with Crippen LogP contribution in [0, 0.1) is 46.3 Å². The number of hydrogen-bond acceptors (Lipinski definition) is 3. The minimum atomic E-state index is -4.34. The molecule has 0 saturated heterocycles. The van der Waals surface area contributed by atoms with Gasteiger partial charge in [0, 0.05) is 11.8 Å². The van der Waals surface area contributed by atoms with Gasteiger partial charge in [-0.2, -0.15) is 13.2 Å². The molecule has 5 rings (SSSR count). The molecule has 1 aromatic heterocycles. The van der Waals surface area contributed by atoms with E-state index in [1.807, 2.05) is 6.92 Å². The minimum absolute atomic E-state index is 0.300. The standard InChI is InChI=1S/C27H40F3NOS/c1-16(13-23-31-22(15-33-23)27(28,29)30)19-7-8-20-18-6-5-17-14-24(2,32)11-12-25(17,3)21(18)9-10-26(19,20)4/h15-21,32H,5-14H2,1-4H3/t16-,17+,18-,19?,20-,21-,24+,25-,26+/m0/s1. The number of aromatic nitrogens is 1. The third-order valence-electron chi connectivity index (χ3n) is 11.1. The molecule has 33 heavy (non-hydrogen) atoms. The van der Waals surface area contributed by atoms with Crippen molar-refractivity contribution < 1.29 is 18.3 Å². The molecule has 1 heterocycles. The van der Waals surface area contributed by atoms with Crippen LogP contribution < -0.4 is 0 Å². The molecule has 9 atom stereocenters. The first-order valence-corrected chi connectivity index (χ1v) is 14.0. The normalized spacial score (nSPS) is 46.4. The van der Waals surface area contributed by atoms with E-state index in [0.717, 1.165) is 37.0 Å². The lowest BCUT2D eigenvalue weighted by atomic mass is 9.43. The topological polar surface area (TPSA) is 33.1 Å². The summed E-state index contributed by atoms with van der Waals surface area (Å²) in [6, 6.07) is 0. The van der Waals surface area contributed by atoms with E-state index in [-0.39, 0.29) is 0 Å². The molecular formula is C27H40F3NOS. The van der Waals surface area contributed by atoms with Crippen molar-refractivity contribution in [2.45, 2.75) is 104 Å². The summed E-state index contributed by atoms with van der Waals surface area (Å²) >= 11 is 1.17. The Bertz CT molecular complexity index is 881. The lowest BCUT2D eigenvalue weighted by molar-refractivity contribution is -0.147. The Morgan fingerprint density at radius 1 is 1.03 bits per heavy atom. The molecule has 4 fully saturated rings. The van der Waals surface area contributed by atoms with Gasteiger partial charge < -0.3 is 5.11 Å². The lowest BCUT2D eigenvalue weighted by Crippen LogP contribution is -2.55. The average Bonchev–Trinajstić information content (AvgIpc) is 3.32. The van der Waals surface area contributed by atoms with Crippen LogP contribution in [-0.4, -0.2) is 15.7 Å². The summed E-state index contributed by atoms with van der Waals surface area (Å²) < 4.78 is 39.0. The van der Waals surface area contributed by atoms with E-state index < -0.39 is 17.5 Å². The van der Waals surface area contributed by atoms with Gasteiger partial charge >= 0.3 is 6.18 Å². The van der Waals surface area contributed by atoms with Crippen molar-refractivity contribution in [3.8, 4) is 0 Å². The zero-order valence-electron chi connectivity index (χ0n) is 20.5. The smallest absolute Gasteiger partial charge is 0.390 e. The van der Waals surface area contributed by atoms with Crippen molar-refractivity contribution in [1.82, 2.24) is 4.98 Å². The highest BCUT2D eigenvalue weighted by Crippen LogP contribution is 2.68. The van der Waals surface area contributed by atoms with Gasteiger partial charge in [-0.25, -0.2) is 4.98 Å². The van der Waals surface area contributed by atoms with Crippen molar-refractivity contribution in [3.63, 3.8) is 0 Å². The number of alkyl halides is 3. The largest absolute Gasteiger partial charge is 0.434 e. The zero-order valence-corrected chi connectivity index (χ0v) is 21.4. The van der Waals surface area contributed by atoms with E-state index in [1.165, 1.54) is 55.2 Å². The van der Waals surface area contributed by atoms with Crippen molar-refractivity contribution in [3.05, 3.63) is 16.1 Å². The number of aliphatic hydroxyl groups is 1. The molecule has 0 radical (unpaired) electrons. The van der Waals surface area contributed by atoms with E-state index in [4.69, 9.17) is 0 Å². The molecular weight excluding hydrogens is 443 g/mol. The van der Waals surface area contributed by atoms with Gasteiger partial charge in [-0.1, -0.05) is 20.8 Å². The fourth-order valence-electron chi connectivity index (χ4n) is 9.36. The number of fused-ring (bicyclic) bond motifs is 5. The Labute approximate surface area is 200 Å². The first-order valence-electron chi connectivity index (χ1n) is 13.1. The Hall–Kier alpha value is -0.620. The van der Waals surface area contributed by atoms with Gasteiger partial charge in [0.25, 0.3) is 0 Å². The second kappa shape index (κ2) is 7.94. The summed E-state index contributed by atoms with van der Waals surface area (Å²) in [5, 5.41) is 12.5. The van der Waals surface area contributed by atoms with E-state index in [9.17, 15) is 18.3 Å². The van der Waals surface area contributed by atoms with Gasteiger partial charge in [0.1, 0.15) is 0 Å². The average molecular weight is 484 g/mol. The van der Waals surface area contributed by atoms with Crippen LogP contribution in [0.4, 0.5) is 13.2 Å². The van der Waals surface area contributed by atoms with E-state index in [1.54, 1.807) is 0 Å². The number of thiazole rings is 1. The molecule has 4 aliphatic rings. The Balaban J connectivity index is 1.31. The fraction of sp³-hybridized carbons (Fsp3) is 0.889. The molecule has 0 aromatic carbocycles. The van der Waals surface area contributed by atoms with Crippen molar-refractivity contribution in [2.75, 3.05) is 0 Å². The van der Waals surface area contributed by atoms with Gasteiger partial charge in [-0.05, 0) is 111 Å². The highest BCUT2D eigenvalue weighted by Gasteiger charge is 2.61. The molecule has 0 spiro atoms. The molecule has 1 N–H and O–H groups in total. The van der Waals surface area contributed by atoms with Gasteiger partial charge in [0.15, 0.2) is 5.69 Å². The minimum Gasteiger partial charge on any atom is -0.390 e. The summed E-state index contributed by atoms with van der Waals surface area (Å²) in [7, 11) is 0. The van der Waals surface area contributed by atoms with Crippen LogP contribution in [0.25, 0.3) is 0 Å². The van der Waals surface area contributed by atoms with Crippen molar-refractivity contribution in [2.24, 2.45) is 46.3 Å². The van der Waals surface area contributed by atoms with Crippen molar-refractivity contribution in [1.29, 1.82) is 0 Å². The van der Waals surface area contributed by atoms with Gasteiger partial charge in [-0.3, -0.25) is 0 Å². The van der Waals surface area contributed by atoms with Crippen LogP contribution in [-0.2, 0) is 12.6 Å². The summed E-state index contributed by atoms with van der Waals surface area (Å²) in [5.74, 6) is 3.87. The number of hydrogen-bond donors (Lipinski definition) is 1. The summed E-state index contributed by atoms with van der Waals surface area (Å²) in [5.41, 5.74) is -0.558. The maximum absolute atomic E-state index is 13.0. The molecule has 6 heteroatoms. The summed E-state index contributed by atoms with van der Waals surface area (Å²) in [4.78, 5) is 3.92. The molecule has 1 aromatic rings. The van der Waals surface area contributed by atoms with Gasteiger partial charge in [-0.15, -0.1) is 11.3 Å². The summed E-state index contributed by atoms with van der Waals surface area (Å²) in [6.45, 7) is 9.31. The third-order valence-corrected chi connectivity index (χ3v) is 11.9. The Kier molecular flexibility index (Phi) is 5.80. The third kappa shape index (κ3) is 3.99. The molecule has 2 nitrogen and oxygen atoms in total. The molecule has 186 valence electrons. The van der Waals surface area contributed by atoms with Crippen LogP contribution in [0.3, 0.4) is 0 Å². The number of rotatable bonds is 3. The Morgan fingerprint density at radius 2 is 1.76 bits per heavy atom. The Morgan fingerprint density at radius 3 is 2.45 bits per heavy atom. The molecule has 0 amide bonds. The first-order chi connectivity index (χ1) is 15.3. The van der Waals surface area contributed by atoms with Crippen LogP contribution >= 0.6 is 11.3 Å². The second-order valence-electron chi connectivity index (χ2n) is 12.9. The monoisotopic (exact) mass is 483 g/mol. The number of nitrogens with zero attached hydrogens (tertiary/aromatic N) is 1. The van der Waals surface area contributed by atoms with E-state index in [0.29, 0.717) is 40.0 Å². The SMILES string of the molecule is C[C@@H](Cc1nc(C(F)(F)F)cs1)C1CC[C@H]2[C@@H]3CC[C@@H]4C[C@](C)(O)CC[C@]4(C)[C@H]3CC[C@]12C.